The lowest BCUT2D eigenvalue weighted by Crippen LogP contribution is -2.27. The highest BCUT2D eigenvalue weighted by molar-refractivity contribution is 5.41. The Morgan fingerprint density at radius 1 is 1.43 bits per heavy atom. The molecule has 0 aliphatic carbocycles. The molecule has 2 heterocycles. The van der Waals surface area contributed by atoms with Gasteiger partial charge in [0.2, 0.25) is 0 Å². The van der Waals surface area contributed by atoms with Gasteiger partial charge >= 0.3 is 0 Å². The minimum atomic E-state index is 0.00134. The second-order valence-corrected chi connectivity index (χ2v) is 4.31. The molecule has 14 heavy (non-hydrogen) atoms. The predicted octanol–water partition coefficient (Wildman–Crippen LogP) is 1.71. The minimum Gasteiger partial charge on any atom is -0.364 e. The summed E-state index contributed by atoms with van der Waals surface area (Å²) in [5.41, 5.74) is 4.20. The van der Waals surface area contributed by atoms with E-state index in [1.165, 1.54) is 16.7 Å². The second-order valence-electron chi connectivity index (χ2n) is 4.31. The van der Waals surface area contributed by atoms with E-state index in [2.05, 4.69) is 30.4 Å². The standard InChI is InChI=1S/C12H15NO/c1-9-3-2-4-11-10(9)7-14-12(11)5-6-13-8-12/h2-4,13H,5-8H2,1H3. The molecular weight excluding hydrogens is 174 g/mol. The van der Waals surface area contributed by atoms with E-state index in [9.17, 15) is 0 Å². The van der Waals surface area contributed by atoms with E-state index in [0.29, 0.717) is 0 Å². The largest absolute Gasteiger partial charge is 0.364 e. The molecule has 0 radical (unpaired) electrons. The minimum absolute atomic E-state index is 0.00134. The van der Waals surface area contributed by atoms with Gasteiger partial charge in [-0.25, -0.2) is 0 Å². The van der Waals surface area contributed by atoms with E-state index < -0.39 is 0 Å². The molecule has 1 aromatic rings. The number of hydrogen-bond acceptors (Lipinski definition) is 2. The molecule has 2 aliphatic rings. The molecule has 0 aromatic heterocycles. The first-order valence-electron chi connectivity index (χ1n) is 5.25. The van der Waals surface area contributed by atoms with Crippen molar-refractivity contribution in [2.75, 3.05) is 13.1 Å². The monoisotopic (exact) mass is 189 g/mol. The van der Waals surface area contributed by atoms with Gasteiger partial charge in [0.25, 0.3) is 0 Å². The summed E-state index contributed by atoms with van der Waals surface area (Å²) in [4.78, 5) is 0. The highest BCUT2D eigenvalue weighted by Crippen LogP contribution is 2.41. The van der Waals surface area contributed by atoms with E-state index in [-0.39, 0.29) is 5.60 Å². The fraction of sp³-hybridized carbons (Fsp3) is 0.500. The van der Waals surface area contributed by atoms with Crippen LogP contribution in [-0.4, -0.2) is 13.1 Å². The number of ether oxygens (including phenoxy) is 1. The molecule has 0 bridgehead atoms. The van der Waals surface area contributed by atoms with Gasteiger partial charge in [0.05, 0.1) is 6.61 Å². The Morgan fingerprint density at radius 2 is 2.36 bits per heavy atom. The second kappa shape index (κ2) is 2.81. The molecule has 3 rings (SSSR count). The summed E-state index contributed by atoms with van der Waals surface area (Å²) in [6.07, 6.45) is 1.11. The lowest BCUT2D eigenvalue weighted by molar-refractivity contribution is -0.0219. The van der Waals surface area contributed by atoms with Crippen LogP contribution < -0.4 is 5.32 Å². The van der Waals surface area contributed by atoms with E-state index in [1.807, 2.05) is 0 Å². The topological polar surface area (TPSA) is 21.3 Å². The fourth-order valence-electron chi connectivity index (χ4n) is 2.63. The quantitative estimate of drug-likeness (QED) is 0.671. The Balaban J connectivity index is 2.14. The molecule has 1 unspecified atom stereocenters. The average molecular weight is 189 g/mol. The Labute approximate surface area is 84.3 Å². The van der Waals surface area contributed by atoms with Crippen molar-refractivity contribution in [3.8, 4) is 0 Å². The maximum absolute atomic E-state index is 5.99. The van der Waals surface area contributed by atoms with Crippen molar-refractivity contribution in [2.45, 2.75) is 25.6 Å². The summed E-state index contributed by atoms with van der Waals surface area (Å²) >= 11 is 0. The van der Waals surface area contributed by atoms with Gasteiger partial charge < -0.3 is 10.1 Å². The zero-order valence-electron chi connectivity index (χ0n) is 8.47. The fourth-order valence-corrected chi connectivity index (χ4v) is 2.63. The van der Waals surface area contributed by atoms with Gasteiger partial charge in [-0.3, -0.25) is 0 Å². The van der Waals surface area contributed by atoms with Gasteiger partial charge in [0, 0.05) is 6.54 Å². The van der Waals surface area contributed by atoms with Crippen molar-refractivity contribution in [1.29, 1.82) is 0 Å². The molecule has 1 fully saturated rings. The summed E-state index contributed by atoms with van der Waals surface area (Å²) in [6, 6.07) is 6.54. The van der Waals surface area contributed by atoms with Crippen LogP contribution in [0.5, 0.6) is 0 Å². The molecular formula is C12H15NO. The van der Waals surface area contributed by atoms with Crippen molar-refractivity contribution in [1.82, 2.24) is 5.32 Å². The van der Waals surface area contributed by atoms with Gasteiger partial charge in [-0.15, -0.1) is 0 Å². The summed E-state index contributed by atoms with van der Waals surface area (Å²) < 4.78 is 5.99. The SMILES string of the molecule is Cc1cccc2c1COC21CCNC1. The molecule has 0 amide bonds. The lowest BCUT2D eigenvalue weighted by atomic mass is 9.90. The zero-order valence-corrected chi connectivity index (χ0v) is 8.47. The third-order valence-electron chi connectivity index (χ3n) is 3.51. The Bertz CT molecular complexity index is 367. The average Bonchev–Trinajstić information content (AvgIpc) is 2.78. The Hall–Kier alpha value is -0.860. The van der Waals surface area contributed by atoms with Crippen LogP contribution in [0.3, 0.4) is 0 Å². The smallest absolute Gasteiger partial charge is 0.107 e. The molecule has 1 saturated heterocycles. The number of fused-ring (bicyclic) bond motifs is 2. The molecule has 1 spiro atoms. The number of benzene rings is 1. The van der Waals surface area contributed by atoms with E-state index in [4.69, 9.17) is 4.74 Å². The van der Waals surface area contributed by atoms with Crippen molar-refractivity contribution in [2.24, 2.45) is 0 Å². The zero-order chi connectivity index (χ0) is 9.60. The first-order chi connectivity index (χ1) is 6.82. The molecule has 2 nitrogen and oxygen atoms in total. The Kier molecular flexibility index (Phi) is 1.70. The van der Waals surface area contributed by atoms with Crippen molar-refractivity contribution < 1.29 is 4.74 Å². The first-order valence-corrected chi connectivity index (χ1v) is 5.25. The van der Waals surface area contributed by atoms with Crippen molar-refractivity contribution in [3.63, 3.8) is 0 Å². The predicted molar refractivity (Wildman–Crippen MR) is 55.1 cm³/mol. The number of hydrogen-bond donors (Lipinski definition) is 1. The number of nitrogens with one attached hydrogen (secondary N) is 1. The van der Waals surface area contributed by atoms with Gasteiger partial charge in [-0.2, -0.15) is 0 Å². The maximum atomic E-state index is 5.99. The molecule has 1 N–H and O–H groups in total. The van der Waals surface area contributed by atoms with Gasteiger partial charge in [-0.05, 0) is 36.6 Å². The first kappa shape index (κ1) is 8.45. The third kappa shape index (κ3) is 0.983. The highest BCUT2D eigenvalue weighted by atomic mass is 16.5. The van der Waals surface area contributed by atoms with Crippen molar-refractivity contribution >= 4 is 0 Å². The highest BCUT2D eigenvalue weighted by Gasteiger charge is 2.42. The van der Waals surface area contributed by atoms with Crippen LogP contribution in [-0.2, 0) is 16.9 Å². The summed E-state index contributed by atoms with van der Waals surface area (Å²) in [5.74, 6) is 0. The molecule has 74 valence electrons. The third-order valence-corrected chi connectivity index (χ3v) is 3.51. The van der Waals surface area contributed by atoms with Gasteiger partial charge in [0.15, 0.2) is 0 Å². The van der Waals surface area contributed by atoms with Crippen LogP contribution in [0.25, 0.3) is 0 Å². The van der Waals surface area contributed by atoms with Crippen LogP contribution in [0.1, 0.15) is 23.1 Å². The van der Waals surface area contributed by atoms with Crippen LogP contribution in [0.15, 0.2) is 18.2 Å². The van der Waals surface area contributed by atoms with Crippen LogP contribution >= 0.6 is 0 Å². The summed E-state index contributed by atoms with van der Waals surface area (Å²) in [6.45, 7) is 5.02. The van der Waals surface area contributed by atoms with Gasteiger partial charge in [0.1, 0.15) is 5.60 Å². The summed E-state index contributed by atoms with van der Waals surface area (Å²) in [5, 5.41) is 3.39. The van der Waals surface area contributed by atoms with E-state index in [1.54, 1.807) is 0 Å². The Morgan fingerprint density at radius 3 is 3.14 bits per heavy atom. The van der Waals surface area contributed by atoms with Crippen LogP contribution in [0.2, 0.25) is 0 Å². The van der Waals surface area contributed by atoms with Crippen LogP contribution in [0.4, 0.5) is 0 Å². The van der Waals surface area contributed by atoms with Gasteiger partial charge in [-0.1, -0.05) is 18.2 Å². The molecule has 0 saturated carbocycles. The normalized spacial score (nSPS) is 29.8. The van der Waals surface area contributed by atoms with Crippen LogP contribution in [0, 0.1) is 6.92 Å². The molecule has 2 aliphatic heterocycles. The maximum Gasteiger partial charge on any atom is 0.107 e. The van der Waals surface area contributed by atoms with E-state index in [0.717, 1.165) is 26.1 Å². The molecule has 1 atom stereocenters. The lowest BCUT2D eigenvalue weighted by Gasteiger charge is -2.22. The summed E-state index contributed by atoms with van der Waals surface area (Å²) in [7, 11) is 0. The van der Waals surface area contributed by atoms with E-state index >= 15 is 0 Å². The number of aryl methyl sites for hydroxylation is 1. The number of rotatable bonds is 0. The molecule has 2 heteroatoms. The molecule has 1 aromatic carbocycles. The van der Waals surface area contributed by atoms with Crippen molar-refractivity contribution in [3.05, 3.63) is 34.9 Å².